The molecule has 0 aromatic carbocycles. The number of fused-ring (bicyclic) bond motifs is 1. The summed E-state index contributed by atoms with van der Waals surface area (Å²) in [6, 6.07) is -0.483. The summed E-state index contributed by atoms with van der Waals surface area (Å²) >= 11 is 0. The smallest absolute Gasteiger partial charge is 0.410 e. The molecular formula is C14H21N3O5. The van der Waals surface area contributed by atoms with E-state index in [4.69, 9.17) is 4.74 Å². The number of amides is 1. The third kappa shape index (κ3) is 3.06. The highest BCUT2D eigenvalue weighted by Gasteiger charge is 2.35. The van der Waals surface area contributed by atoms with Gasteiger partial charge in [-0.3, -0.25) is 4.68 Å². The van der Waals surface area contributed by atoms with E-state index in [1.807, 2.05) is 0 Å². The molecular weight excluding hydrogens is 290 g/mol. The molecule has 2 rings (SSSR count). The topological polar surface area (TPSA) is 105 Å². The minimum absolute atomic E-state index is 0.0757. The van der Waals surface area contributed by atoms with Crippen LogP contribution in [0.15, 0.2) is 0 Å². The SMILES string of the molecule is Cc1nn2c(c1C(=O)O)CN(C(=O)OC(C)(C)C)CC2CO. The van der Waals surface area contributed by atoms with Crippen LogP contribution >= 0.6 is 0 Å². The van der Waals surface area contributed by atoms with Gasteiger partial charge in [0.05, 0.1) is 30.6 Å². The Hall–Kier alpha value is -2.09. The summed E-state index contributed by atoms with van der Waals surface area (Å²) < 4.78 is 6.82. The Morgan fingerprint density at radius 1 is 1.41 bits per heavy atom. The molecule has 0 fully saturated rings. The van der Waals surface area contributed by atoms with Gasteiger partial charge in [-0.25, -0.2) is 9.59 Å². The molecule has 1 aliphatic heterocycles. The molecule has 0 saturated heterocycles. The summed E-state index contributed by atoms with van der Waals surface area (Å²) in [5.41, 5.74) is 0.203. The van der Waals surface area contributed by atoms with Crippen LogP contribution in [0.2, 0.25) is 0 Å². The molecule has 0 spiro atoms. The molecule has 0 bridgehead atoms. The summed E-state index contributed by atoms with van der Waals surface area (Å²) in [4.78, 5) is 25.0. The van der Waals surface area contributed by atoms with Crippen molar-refractivity contribution in [3.05, 3.63) is 17.0 Å². The van der Waals surface area contributed by atoms with Gasteiger partial charge in [-0.2, -0.15) is 5.10 Å². The molecule has 2 heterocycles. The van der Waals surface area contributed by atoms with Crippen molar-refractivity contribution in [1.29, 1.82) is 0 Å². The quantitative estimate of drug-likeness (QED) is 0.849. The number of aliphatic hydroxyl groups is 1. The van der Waals surface area contributed by atoms with Crippen molar-refractivity contribution < 1.29 is 24.5 Å². The standard InChI is InChI=1S/C14H21N3O5/c1-8-11(12(19)20)10-6-16(13(21)22-14(2,3)4)5-9(7-18)17(10)15-8/h9,18H,5-7H2,1-4H3,(H,19,20). The molecule has 2 N–H and O–H groups in total. The highest BCUT2D eigenvalue weighted by Crippen LogP contribution is 2.27. The monoisotopic (exact) mass is 311 g/mol. The number of carbonyl (C=O) groups is 2. The first-order chi connectivity index (χ1) is 10.1. The summed E-state index contributed by atoms with van der Waals surface area (Å²) in [5.74, 6) is -1.10. The Kier molecular flexibility index (Phi) is 4.15. The lowest BCUT2D eigenvalue weighted by atomic mass is 10.1. The summed E-state index contributed by atoms with van der Waals surface area (Å²) in [7, 11) is 0. The van der Waals surface area contributed by atoms with E-state index in [9.17, 15) is 19.8 Å². The largest absolute Gasteiger partial charge is 0.478 e. The van der Waals surface area contributed by atoms with Gasteiger partial charge in [0.15, 0.2) is 0 Å². The molecule has 122 valence electrons. The number of hydrogen-bond donors (Lipinski definition) is 2. The zero-order valence-electron chi connectivity index (χ0n) is 13.2. The molecule has 1 unspecified atom stereocenters. The van der Waals surface area contributed by atoms with E-state index >= 15 is 0 Å². The minimum atomic E-state index is -1.10. The van der Waals surface area contributed by atoms with E-state index in [0.717, 1.165) is 0 Å². The second-order valence-electron chi connectivity index (χ2n) is 6.35. The van der Waals surface area contributed by atoms with Crippen molar-refractivity contribution in [1.82, 2.24) is 14.7 Å². The number of carboxylic acid groups (broad SMARTS) is 1. The molecule has 1 aliphatic rings. The molecule has 1 aromatic rings. The van der Waals surface area contributed by atoms with Crippen LogP contribution < -0.4 is 0 Å². The number of hydrogen-bond acceptors (Lipinski definition) is 5. The number of aromatic nitrogens is 2. The molecule has 8 heteroatoms. The first kappa shape index (κ1) is 16.3. The number of aliphatic hydroxyl groups excluding tert-OH is 1. The van der Waals surface area contributed by atoms with Crippen molar-refractivity contribution in [2.45, 2.75) is 45.9 Å². The average Bonchev–Trinajstić information content (AvgIpc) is 2.71. The van der Waals surface area contributed by atoms with Crippen molar-refractivity contribution >= 4 is 12.1 Å². The first-order valence-corrected chi connectivity index (χ1v) is 7.04. The average molecular weight is 311 g/mol. The van der Waals surface area contributed by atoms with Crippen LogP contribution in [-0.2, 0) is 11.3 Å². The molecule has 22 heavy (non-hydrogen) atoms. The molecule has 0 saturated carbocycles. The predicted molar refractivity (Wildman–Crippen MR) is 76.7 cm³/mol. The van der Waals surface area contributed by atoms with Crippen LogP contribution in [0.5, 0.6) is 0 Å². The van der Waals surface area contributed by atoms with Gasteiger partial charge in [0.25, 0.3) is 0 Å². The van der Waals surface area contributed by atoms with Gasteiger partial charge in [-0.15, -0.1) is 0 Å². The lowest BCUT2D eigenvalue weighted by Crippen LogP contribution is -2.45. The van der Waals surface area contributed by atoms with Crippen molar-refractivity contribution in [2.24, 2.45) is 0 Å². The lowest BCUT2D eigenvalue weighted by molar-refractivity contribution is 0.0126. The van der Waals surface area contributed by atoms with Crippen molar-refractivity contribution in [2.75, 3.05) is 13.2 Å². The van der Waals surface area contributed by atoms with Crippen LogP contribution in [0.25, 0.3) is 0 Å². The number of carboxylic acids is 1. The van der Waals surface area contributed by atoms with Crippen LogP contribution in [-0.4, -0.2) is 55.7 Å². The van der Waals surface area contributed by atoms with Gasteiger partial charge in [-0.1, -0.05) is 0 Å². The second-order valence-corrected chi connectivity index (χ2v) is 6.35. The molecule has 1 atom stereocenters. The fourth-order valence-electron chi connectivity index (χ4n) is 2.50. The maximum absolute atomic E-state index is 12.2. The number of rotatable bonds is 2. The van der Waals surface area contributed by atoms with Crippen LogP contribution in [0, 0.1) is 6.92 Å². The minimum Gasteiger partial charge on any atom is -0.478 e. The zero-order chi connectivity index (χ0) is 16.7. The Bertz CT molecular complexity index is 602. The van der Waals surface area contributed by atoms with Gasteiger partial charge in [0.1, 0.15) is 11.2 Å². The molecule has 1 amide bonds. The van der Waals surface area contributed by atoms with E-state index in [0.29, 0.717) is 11.4 Å². The van der Waals surface area contributed by atoms with Gasteiger partial charge < -0.3 is 19.8 Å². The van der Waals surface area contributed by atoms with Crippen LogP contribution in [0.3, 0.4) is 0 Å². The number of aryl methyl sites for hydroxylation is 1. The van der Waals surface area contributed by atoms with Gasteiger partial charge in [-0.05, 0) is 27.7 Å². The Morgan fingerprint density at radius 2 is 2.05 bits per heavy atom. The van der Waals surface area contributed by atoms with E-state index in [2.05, 4.69) is 5.10 Å². The third-order valence-electron chi connectivity index (χ3n) is 3.38. The number of carbonyl (C=O) groups excluding carboxylic acids is 1. The van der Waals surface area contributed by atoms with Crippen LogP contribution in [0.1, 0.15) is 48.6 Å². The molecule has 0 aliphatic carbocycles. The zero-order valence-corrected chi connectivity index (χ0v) is 13.2. The number of aromatic carboxylic acids is 1. The molecule has 8 nitrogen and oxygen atoms in total. The van der Waals surface area contributed by atoms with Gasteiger partial charge in [0, 0.05) is 6.54 Å². The predicted octanol–water partition coefficient (Wildman–Crippen LogP) is 1.17. The van der Waals surface area contributed by atoms with Crippen molar-refractivity contribution in [3.63, 3.8) is 0 Å². The number of nitrogens with zero attached hydrogens (tertiary/aromatic N) is 3. The normalized spacial score (nSPS) is 18.0. The maximum Gasteiger partial charge on any atom is 0.410 e. The molecule has 0 radical (unpaired) electrons. The lowest BCUT2D eigenvalue weighted by Gasteiger charge is -2.34. The Morgan fingerprint density at radius 3 is 2.55 bits per heavy atom. The van der Waals surface area contributed by atoms with Crippen LogP contribution in [0.4, 0.5) is 4.79 Å². The summed E-state index contributed by atoms with van der Waals surface area (Å²) in [5, 5.41) is 23.0. The fraction of sp³-hybridized carbons (Fsp3) is 0.643. The first-order valence-electron chi connectivity index (χ1n) is 7.04. The molecule has 1 aromatic heterocycles. The van der Waals surface area contributed by atoms with Gasteiger partial charge in [0.2, 0.25) is 0 Å². The number of ether oxygens (including phenoxy) is 1. The van der Waals surface area contributed by atoms with E-state index in [1.54, 1.807) is 27.7 Å². The highest BCUT2D eigenvalue weighted by molar-refractivity contribution is 5.90. The summed E-state index contributed by atoms with van der Waals surface area (Å²) in [6.07, 6.45) is -0.535. The Balaban J connectivity index is 2.35. The third-order valence-corrected chi connectivity index (χ3v) is 3.38. The fourth-order valence-corrected chi connectivity index (χ4v) is 2.50. The summed E-state index contributed by atoms with van der Waals surface area (Å²) in [6.45, 7) is 6.94. The van der Waals surface area contributed by atoms with Gasteiger partial charge >= 0.3 is 12.1 Å². The van der Waals surface area contributed by atoms with E-state index in [-0.39, 0.29) is 25.3 Å². The van der Waals surface area contributed by atoms with E-state index in [1.165, 1.54) is 9.58 Å². The van der Waals surface area contributed by atoms with E-state index < -0.39 is 23.7 Å². The highest BCUT2D eigenvalue weighted by atomic mass is 16.6. The van der Waals surface area contributed by atoms with Crippen molar-refractivity contribution in [3.8, 4) is 0 Å². The Labute approximate surface area is 128 Å². The maximum atomic E-state index is 12.2. The second kappa shape index (κ2) is 5.60.